The first-order chi connectivity index (χ1) is 9.13. The molecule has 0 spiro atoms. The number of aryl methyl sites for hydroxylation is 1. The largest absolute Gasteiger partial charge is 0.481 e. The number of imidazole rings is 1. The Labute approximate surface area is 115 Å². The maximum Gasteiger partial charge on any atom is 0.313 e. The molecule has 0 saturated heterocycles. The Balaban J connectivity index is 2.00. The third-order valence-electron chi connectivity index (χ3n) is 3.16. The molecule has 1 aliphatic carbocycles. The van der Waals surface area contributed by atoms with Crippen molar-refractivity contribution < 1.29 is 9.90 Å². The van der Waals surface area contributed by atoms with Gasteiger partial charge in [-0.15, -0.1) is 0 Å². The van der Waals surface area contributed by atoms with E-state index >= 15 is 0 Å². The Bertz CT molecular complexity index is 634. The molecule has 1 fully saturated rings. The molecule has 2 aromatic heterocycles. The fourth-order valence-corrected chi connectivity index (χ4v) is 2.77. The molecule has 0 radical (unpaired) electrons. The number of carboxylic acids is 1. The molecule has 0 aromatic carbocycles. The van der Waals surface area contributed by atoms with Crippen LogP contribution in [0.3, 0.4) is 0 Å². The highest BCUT2D eigenvalue weighted by atomic mass is 32.2. The van der Waals surface area contributed by atoms with E-state index in [0.29, 0.717) is 5.92 Å². The van der Waals surface area contributed by atoms with Crippen molar-refractivity contribution in [2.24, 2.45) is 5.92 Å². The predicted octanol–water partition coefficient (Wildman–Crippen LogP) is 2.33. The number of aromatic nitrogens is 3. The topological polar surface area (TPSA) is 68.0 Å². The van der Waals surface area contributed by atoms with Crippen LogP contribution >= 0.6 is 11.8 Å². The molecule has 100 valence electrons. The van der Waals surface area contributed by atoms with Gasteiger partial charge in [0.2, 0.25) is 0 Å². The molecule has 1 N–H and O–H groups in total. The zero-order valence-corrected chi connectivity index (χ0v) is 11.5. The standard InChI is InChI=1S/C13H15N3O2S/c1-8-2-5-10-12(14-8)16(6-9-3-4-9)13(15-10)19-7-11(17)18/h2,5,9H,3-4,6-7H2,1H3,(H,17,18). The Morgan fingerprint density at radius 3 is 2.95 bits per heavy atom. The fraction of sp³-hybridized carbons (Fsp3) is 0.462. The molecule has 0 amide bonds. The molecular weight excluding hydrogens is 262 g/mol. The lowest BCUT2D eigenvalue weighted by atomic mass is 10.3. The summed E-state index contributed by atoms with van der Waals surface area (Å²) in [5, 5.41) is 9.57. The molecule has 3 rings (SSSR count). The third-order valence-corrected chi connectivity index (χ3v) is 4.12. The summed E-state index contributed by atoms with van der Waals surface area (Å²) in [5.41, 5.74) is 2.68. The van der Waals surface area contributed by atoms with Gasteiger partial charge in [0.1, 0.15) is 5.52 Å². The highest BCUT2D eigenvalue weighted by Crippen LogP contribution is 2.34. The molecule has 0 bridgehead atoms. The van der Waals surface area contributed by atoms with Gasteiger partial charge in [-0.3, -0.25) is 4.79 Å². The van der Waals surface area contributed by atoms with Crippen LogP contribution in [0.5, 0.6) is 0 Å². The number of carboxylic acid groups (broad SMARTS) is 1. The summed E-state index contributed by atoms with van der Waals surface area (Å²) in [7, 11) is 0. The third kappa shape index (κ3) is 2.73. The lowest BCUT2D eigenvalue weighted by molar-refractivity contribution is -0.133. The molecule has 6 heteroatoms. The first-order valence-electron chi connectivity index (χ1n) is 6.32. The first-order valence-corrected chi connectivity index (χ1v) is 7.30. The minimum Gasteiger partial charge on any atom is -0.481 e. The van der Waals surface area contributed by atoms with Crippen LogP contribution in [0.25, 0.3) is 11.2 Å². The monoisotopic (exact) mass is 277 g/mol. The number of nitrogens with zero attached hydrogens (tertiary/aromatic N) is 3. The zero-order valence-electron chi connectivity index (χ0n) is 10.7. The summed E-state index contributed by atoms with van der Waals surface area (Å²) < 4.78 is 2.08. The Morgan fingerprint density at radius 1 is 1.47 bits per heavy atom. The molecule has 2 aromatic rings. The molecule has 0 unspecified atom stereocenters. The second-order valence-corrected chi connectivity index (χ2v) is 5.87. The quantitative estimate of drug-likeness (QED) is 0.849. The summed E-state index contributed by atoms with van der Waals surface area (Å²) in [4.78, 5) is 19.8. The zero-order chi connectivity index (χ0) is 13.4. The summed E-state index contributed by atoms with van der Waals surface area (Å²) in [6.45, 7) is 2.85. The lowest BCUT2D eigenvalue weighted by Crippen LogP contribution is -2.05. The number of carbonyl (C=O) groups is 1. The van der Waals surface area contributed by atoms with Gasteiger partial charge in [0.05, 0.1) is 5.75 Å². The van der Waals surface area contributed by atoms with Crippen molar-refractivity contribution in [3.63, 3.8) is 0 Å². The minimum absolute atomic E-state index is 0.0347. The van der Waals surface area contributed by atoms with E-state index in [0.717, 1.165) is 28.6 Å². The smallest absolute Gasteiger partial charge is 0.313 e. The summed E-state index contributed by atoms with van der Waals surface area (Å²) in [6, 6.07) is 3.88. The maximum atomic E-state index is 10.7. The molecule has 0 atom stereocenters. The highest BCUT2D eigenvalue weighted by molar-refractivity contribution is 7.99. The van der Waals surface area contributed by atoms with Crippen LogP contribution < -0.4 is 0 Å². The Hall–Kier alpha value is -1.56. The van der Waals surface area contributed by atoms with Crippen LogP contribution in [-0.4, -0.2) is 31.4 Å². The van der Waals surface area contributed by atoms with E-state index < -0.39 is 5.97 Å². The molecule has 1 saturated carbocycles. The van der Waals surface area contributed by atoms with E-state index in [1.54, 1.807) is 0 Å². The number of hydrogen-bond acceptors (Lipinski definition) is 4. The van der Waals surface area contributed by atoms with Gasteiger partial charge in [0.15, 0.2) is 10.8 Å². The highest BCUT2D eigenvalue weighted by Gasteiger charge is 2.25. The van der Waals surface area contributed by atoms with Gasteiger partial charge in [-0.2, -0.15) is 0 Å². The van der Waals surface area contributed by atoms with E-state index in [1.165, 1.54) is 24.6 Å². The van der Waals surface area contributed by atoms with E-state index in [-0.39, 0.29) is 5.75 Å². The van der Waals surface area contributed by atoms with Crippen molar-refractivity contribution >= 4 is 28.9 Å². The number of rotatable bonds is 5. The van der Waals surface area contributed by atoms with E-state index in [2.05, 4.69) is 14.5 Å². The van der Waals surface area contributed by atoms with Gasteiger partial charge in [-0.25, -0.2) is 9.97 Å². The second-order valence-electron chi connectivity index (χ2n) is 4.93. The average molecular weight is 277 g/mol. The van der Waals surface area contributed by atoms with Crippen LogP contribution in [0.1, 0.15) is 18.5 Å². The van der Waals surface area contributed by atoms with Gasteiger partial charge in [-0.05, 0) is 37.8 Å². The van der Waals surface area contributed by atoms with Gasteiger partial charge in [0.25, 0.3) is 0 Å². The van der Waals surface area contributed by atoms with E-state index in [4.69, 9.17) is 5.11 Å². The maximum absolute atomic E-state index is 10.7. The summed E-state index contributed by atoms with van der Waals surface area (Å²) >= 11 is 1.27. The number of aliphatic carboxylic acids is 1. The van der Waals surface area contributed by atoms with Crippen LogP contribution in [0.2, 0.25) is 0 Å². The molecule has 2 heterocycles. The number of thioether (sulfide) groups is 1. The summed E-state index contributed by atoms with van der Waals surface area (Å²) in [6.07, 6.45) is 2.49. The predicted molar refractivity (Wildman–Crippen MR) is 73.3 cm³/mol. The van der Waals surface area contributed by atoms with Crippen LogP contribution in [-0.2, 0) is 11.3 Å². The number of hydrogen-bond donors (Lipinski definition) is 1. The molecule has 19 heavy (non-hydrogen) atoms. The minimum atomic E-state index is -0.820. The Morgan fingerprint density at radius 2 is 2.26 bits per heavy atom. The Kier molecular flexibility index (Phi) is 3.18. The van der Waals surface area contributed by atoms with Crippen LogP contribution in [0.4, 0.5) is 0 Å². The van der Waals surface area contributed by atoms with Crippen molar-refractivity contribution in [2.75, 3.05) is 5.75 Å². The molecule has 5 nitrogen and oxygen atoms in total. The van der Waals surface area contributed by atoms with Crippen LogP contribution in [0.15, 0.2) is 17.3 Å². The SMILES string of the molecule is Cc1ccc2nc(SCC(=O)O)n(CC3CC3)c2n1. The van der Waals surface area contributed by atoms with E-state index in [9.17, 15) is 4.79 Å². The lowest BCUT2D eigenvalue weighted by Gasteiger charge is -2.06. The van der Waals surface area contributed by atoms with Crippen molar-refractivity contribution in [1.29, 1.82) is 0 Å². The normalized spacial score (nSPS) is 15.0. The summed E-state index contributed by atoms with van der Waals surface area (Å²) in [5.74, 6) is -0.0875. The average Bonchev–Trinajstić information content (AvgIpc) is 3.11. The van der Waals surface area contributed by atoms with Crippen LogP contribution in [0, 0.1) is 12.8 Å². The van der Waals surface area contributed by atoms with E-state index in [1.807, 2.05) is 19.1 Å². The fourth-order valence-electron chi connectivity index (χ4n) is 2.04. The first kappa shape index (κ1) is 12.5. The second kappa shape index (κ2) is 4.85. The molecular formula is C13H15N3O2S. The van der Waals surface area contributed by atoms with Gasteiger partial charge < -0.3 is 9.67 Å². The van der Waals surface area contributed by atoms with Crippen molar-refractivity contribution in [1.82, 2.24) is 14.5 Å². The molecule has 0 aliphatic heterocycles. The van der Waals surface area contributed by atoms with Crippen molar-refractivity contribution in [3.8, 4) is 0 Å². The van der Waals surface area contributed by atoms with Crippen molar-refractivity contribution in [2.45, 2.75) is 31.5 Å². The van der Waals surface area contributed by atoms with Crippen molar-refractivity contribution in [3.05, 3.63) is 17.8 Å². The van der Waals surface area contributed by atoms with Gasteiger partial charge >= 0.3 is 5.97 Å². The molecule has 1 aliphatic rings. The number of fused-ring (bicyclic) bond motifs is 1. The van der Waals surface area contributed by atoms with Gasteiger partial charge in [-0.1, -0.05) is 11.8 Å². The van der Waals surface area contributed by atoms with Gasteiger partial charge in [0, 0.05) is 12.2 Å². The number of pyridine rings is 1.